The Hall–Kier alpha value is -1.43. The molecule has 0 saturated heterocycles. The van der Waals surface area contributed by atoms with Crippen molar-refractivity contribution in [3.05, 3.63) is 26.8 Å². The Morgan fingerprint density at radius 2 is 2.21 bits per heavy atom. The number of halogens is 3. The van der Waals surface area contributed by atoms with Gasteiger partial charge in [0.1, 0.15) is 11.8 Å². The fourth-order valence-corrected chi connectivity index (χ4v) is 1.96. The number of hydrogen-bond acceptors (Lipinski definition) is 4. The van der Waals surface area contributed by atoms with Gasteiger partial charge in [0.25, 0.3) is 0 Å². The van der Waals surface area contributed by atoms with E-state index in [1.165, 1.54) is 12.1 Å². The van der Waals surface area contributed by atoms with E-state index in [9.17, 15) is 13.6 Å². The van der Waals surface area contributed by atoms with E-state index in [0.29, 0.717) is 5.56 Å². The van der Waals surface area contributed by atoms with Crippen molar-refractivity contribution in [3.63, 3.8) is 0 Å². The van der Waals surface area contributed by atoms with Crippen molar-refractivity contribution in [2.75, 3.05) is 6.61 Å². The van der Waals surface area contributed by atoms with E-state index in [2.05, 4.69) is 4.74 Å². The maximum absolute atomic E-state index is 12.3. The highest BCUT2D eigenvalue weighted by molar-refractivity contribution is 14.1. The molecule has 0 atom stereocenters. The van der Waals surface area contributed by atoms with Gasteiger partial charge in [-0.25, -0.2) is 0 Å². The van der Waals surface area contributed by atoms with Gasteiger partial charge in [0, 0.05) is 0 Å². The van der Waals surface area contributed by atoms with E-state index in [1.807, 2.05) is 6.07 Å². The molecule has 0 aliphatic heterocycles. The minimum Gasteiger partial charge on any atom is -0.466 e. The molecule has 0 radical (unpaired) electrons. The van der Waals surface area contributed by atoms with Crippen LogP contribution in [0.3, 0.4) is 0 Å². The number of carbonyl (C=O) groups excluding carboxylic acids is 1. The molecule has 0 fully saturated rings. The third-order valence-corrected chi connectivity index (χ3v) is 3.20. The Bertz CT molecular complexity index is 514. The van der Waals surface area contributed by atoms with Gasteiger partial charge in [0.05, 0.1) is 22.2 Å². The van der Waals surface area contributed by atoms with E-state index in [-0.39, 0.29) is 27.9 Å². The Morgan fingerprint density at radius 3 is 2.74 bits per heavy atom. The van der Waals surface area contributed by atoms with Crippen molar-refractivity contribution in [1.82, 2.24) is 0 Å². The number of hydrogen-bond donors (Lipinski definition) is 0. The van der Waals surface area contributed by atoms with Crippen LogP contribution in [0.1, 0.15) is 18.1 Å². The van der Waals surface area contributed by atoms with Crippen LogP contribution in [0.15, 0.2) is 12.1 Å². The Labute approximate surface area is 122 Å². The molecule has 7 heteroatoms. The third kappa shape index (κ3) is 4.63. The topological polar surface area (TPSA) is 59.3 Å². The lowest BCUT2D eigenvalue weighted by atomic mass is 10.1. The van der Waals surface area contributed by atoms with Crippen molar-refractivity contribution < 1.29 is 23.0 Å². The minimum absolute atomic E-state index is 0.0982. The summed E-state index contributed by atoms with van der Waals surface area (Å²) >= 11 is 1.74. The highest BCUT2D eigenvalue weighted by Crippen LogP contribution is 2.28. The number of rotatable bonds is 5. The highest BCUT2D eigenvalue weighted by atomic mass is 127. The van der Waals surface area contributed by atoms with Gasteiger partial charge in [-0.15, -0.1) is 0 Å². The molecule has 0 spiro atoms. The molecule has 19 heavy (non-hydrogen) atoms. The zero-order valence-corrected chi connectivity index (χ0v) is 12.1. The normalized spacial score (nSPS) is 10.1. The monoisotopic (exact) mass is 381 g/mol. The van der Waals surface area contributed by atoms with Gasteiger partial charge in [-0.2, -0.15) is 14.0 Å². The smallest absolute Gasteiger partial charge is 0.387 e. The second-order valence-corrected chi connectivity index (χ2v) is 4.51. The fraction of sp³-hybridized carbons (Fsp3) is 0.333. The first kappa shape index (κ1) is 15.6. The average Bonchev–Trinajstić information content (AvgIpc) is 2.32. The van der Waals surface area contributed by atoms with Crippen molar-refractivity contribution in [3.8, 4) is 11.8 Å². The fourth-order valence-electron chi connectivity index (χ4n) is 1.40. The number of ether oxygens (including phenoxy) is 2. The highest BCUT2D eigenvalue weighted by Gasteiger charge is 2.15. The summed E-state index contributed by atoms with van der Waals surface area (Å²) in [7, 11) is 0. The van der Waals surface area contributed by atoms with Crippen LogP contribution in [0, 0.1) is 14.9 Å². The summed E-state index contributed by atoms with van der Waals surface area (Å²) in [5.41, 5.74) is 0.573. The van der Waals surface area contributed by atoms with Gasteiger partial charge in [0.15, 0.2) is 0 Å². The largest absolute Gasteiger partial charge is 0.466 e. The first-order valence-corrected chi connectivity index (χ1v) is 6.38. The lowest BCUT2D eigenvalue weighted by molar-refractivity contribution is -0.142. The Morgan fingerprint density at radius 1 is 1.53 bits per heavy atom. The number of benzene rings is 1. The lowest BCUT2D eigenvalue weighted by Gasteiger charge is -2.10. The number of nitrogens with zero attached hydrogens (tertiary/aromatic N) is 1. The molecule has 0 aromatic heterocycles. The van der Waals surface area contributed by atoms with Crippen LogP contribution >= 0.6 is 22.6 Å². The van der Waals surface area contributed by atoms with Gasteiger partial charge >= 0.3 is 12.6 Å². The molecule has 1 aromatic rings. The SMILES string of the molecule is CCOC(=O)Cc1cc(C#N)c(I)c(OC(F)F)c1. The van der Waals surface area contributed by atoms with E-state index in [0.717, 1.165) is 0 Å². The molecule has 0 aliphatic carbocycles. The van der Waals surface area contributed by atoms with Crippen LogP contribution in [0.4, 0.5) is 8.78 Å². The standard InChI is InChI=1S/C12H10F2INO3/c1-2-18-10(17)5-7-3-8(6-16)11(15)9(4-7)19-12(13)14/h3-4,12H,2,5H2,1H3. The van der Waals surface area contributed by atoms with Crippen LogP contribution in [-0.4, -0.2) is 19.2 Å². The zero-order valence-electron chi connectivity index (χ0n) is 9.95. The molecule has 0 bridgehead atoms. The minimum atomic E-state index is -2.99. The number of esters is 1. The molecule has 0 aliphatic rings. The van der Waals surface area contributed by atoms with Crippen LogP contribution in [0.2, 0.25) is 0 Å². The van der Waals surface area contributed by atoms with Crippen molar-refractivity contribution >= 4 is 28.6 Å². The number of alkyl halides is 2. The van der Waals surface area contributed by atoms with Gasteiger partial charge < -0.3 is 9.47 Å². The molecule has 4 nitrogen and oxygen atoms in total. The molecule has 0 N–H and O–H groups in total. The van der Waals surface area contributed by atoms with Crippen LogP contribution in [0.25, 0.3) is 0 Å². The molecule has 0 saturated carbocycles. The molecular formula is C12H10F2INO3. The van der Waals surface area contributed by atoms with Crippen LogP contribution in [0.5, 0.6) is 5.75 Å². The molecule has 1 aromatic carbocycles. The summed E-state index contributed by atoms with van der Waals surface area (Å²) in [6.45, 7) is -1.09. The molecule has 0 amide bonds. The van der Waals surface area contributed by atoms with Gasteiger partial charge in [-0.3, -0.25) is 4.79 Å². The van der Waals surface area contributed by atoms with E-state index in [4.69, 9.17) is 10.00 Å². The van der Waals surface area contributed by atoms with E-state index < -0.39 is 12.6 Å². The Kier molecular flexibility index (Phi) is 5.95. The first-order valence-electron chi connectivity index (χ1n) is 5.30. The van der Waals surface area contributed by atoms with Crippen LogP contribution in [-0.2, 0) is 16.0 Å². The molecule has 0 heterocycles. The summed E-state index contributed by atoms with van der Waals surface area (Å²) in [5, 5.41) is 8.92. The second kappa shape index (κ2) is 7.23. The average molecular weight is 381 g/mol. The summed E-state index contributed by atoms with van der Waals surface area (Å²) in [4.78, 5) is 11.3. The van der Waals surface area contributed by atoms with E-state index in [1.54, 1.807) is 29.5 Å². The quantitative estimate of drug-likeness (QED) is 0.582. The Balaban J connectivity index is 3.06. The summed E-state index contributed by atoms with van der Waals surface area (Å²) < 4.78 is 33.9. The number of nitriles is 1. The van der Waals surface area contributed by atoms with Gasteiger partial charge in [-0.05, 0) is 47.2 Å². The van der Waals surface area contributed by atoms with E-state index >= 15 is 0 Å². The lowest BCUT2D eigenvalue weighted by Crippen LogP contribution is -2.09. The second-order valence-electron chi connectivity index (χ2n) is 3.43. The maximum Gasteiger partial charge on any atom is 0.387 e. The van der Waals surface area contributed by atoms with Gasteiger partial charge in [0.2, 0.25) is 0 Å². The maximum atomic E-state index is 12.3. The van der Waals surface area contributed by atoms with Crippen molar-refractivity contribution in [1.29, 1.82) is 5.26 Å². The predicted molar refractivity (Wildman–Crippen MR) is 70.8 cm³/mol. The molecule has 0 unspecified atom stereocenters. The zero-order chi connectivity index (χ0) is 14.4. The van der Waals surface area contributed by atoms with Crippen LogP contribution < -0.4 is 4.74 Å². The first-order chi connectivity index (χ1) is 8.97. The van der Waals surface area contributed by atoms with Gasteiger partial charge in [-0.1, -0.05) is 0 Å². The summed E-state index contributed by atoms with van der Waals surface area (Å²) in [6, 6.07) is 4.64. The number of carbonyl (C=O) groups is 1. The van der Waals surface area contributed by atoms with Crippen molar-refractivity contribution in [2.24, 2.45) is 0 Å². The predicted octanol–water partition coefficient (Wildman–Crippen LogP) is 2.87. The third-order valence-electron chi connectivity index (χ3n) is 2.09. The summed E-state index contributed by atoms with van der Waals surface area (Å²) in [5.74, 6) is -0.607. The molecule has 102 valence electrons. The summed E-state index contributed by atoms with van der Waals surface area (Å²) in [6.07, 6.45) is -0.0982. The molecule has 1 rings (SSSR count). The molecular weight excluding hydrogens is 371 g/mol. The van der Waals surface area contributed by atoms with Crippen molar-refractivity contribution in [2.45, 2.75) is 20.0 Å².